The Labute approximate surface area is 255 Å². The fourth-order valence-electron chi connectivity index (χ4n) is 4.26. The van der Waals surface area contributed by atoms with E-state index in [0.29, 0.717) is 11.3 Å². The molecule has 212 valence electrons. The summed E-state index contributed by atoms with van der Waals surface area (Å²) in [5.74, 6) is -1.48. The SMILES string of the molecule is C=C/C=C\C(=C/C)N1C(=O)/C(=C/c2ccc(SC)cc2)C(=O)N=C1SCC(=O)NC(c1ccccc1)c1ccccc1. The van der Waals surface area contributed by atoms with Gasteiger partial charge in [0.2, 0.25) is 5.91 Å². The van der Waals surface area contributed by atoms with Crippen LogP contribution in [-0.2, 0) is 14.4 Å². The van der Waals surface area contributed by atoms with E-state index in [9.17, 15) is 14.4 Å². The molecule has 0 bridgehead atoms. The number of benzene rings is 3. The molecule has 1 aliphatic heterocycles. The quantitative estimate of drug-likeness (QED) is 0.121. The molecule has 42 heavy (non-hydrogen) atoms. The molecule has 8 heteroatoms. The van der Waals surface area contributed by atoms with Crippen LogP contribution in [0.2, 0.25) is 0 Å². The van der Waals surface area contributed by atoms with Gasteiger partial charge in [0, 0.05) is 10.6 Å². The minimum absolute atomic E-state index is 0.0522. The third-order valence-electron chi connectivity index (χ3n) is 6.34. The van der Waals surface area contributed by atoms with Crippen LogP contribution in [0.15, 0.2) is 137 Å². The van der Waals surface area contributed by atoms with Gasteiger partial charge in [-0.2, -0.15) is 4.99 Å². The summed E-state index contributed by atoms with van der Waals surface area (Å²) in [6.07, 6.45) is 10.3. The molecular weight excluding hydrogens is 563 g/mol. The van der Waals surface area contributed by atoms with Crippen LogP contribution in [0.1, 0.15) is 29.7 Å². The van der Waals surface area contributed by atoms with Gasteiger partial charge in [-0.3, -0.25) is 19.3 Å². The highest BCUT2D eigenvalue weighted by molar-refractivity contribution is 8.14. The molecule has 0 saturated heterocycles. The third kappa shape index (κ3) is 7.66. The summed E-state index contributed by atoms with van der Waals surface area (Å²) in [5, 5.41) is 3.23. The molecule has 0 spiro atoms. The molecule has 0 aliphatic carbocycles. The highest BCUT2D eigenvalue weighted by Crippen LogP contribution is 2.27. The maximum absolute atomic E-state index is 13.8. The Morgan fingerprint density at radius 3 is 2.14 bits per heavy atom. The van der Waals surface area contributed by atoms with Crippen LogP contribution in [0, 0.1) is 0 Å². The van der Waals surface area contributed by atoms with Gasteiger partial charge in [-0.05, 0) is 54.2 Å². The van der Waals surface area contributed by atoms with Crippen molar-refractivity contribution in [3.05, 3.63) is 144 Å². The third-order valence-corrected chi connectivity index (χ3v) is 8.02. The van der Waals surface area contributed by atoms with E-state index < -0.39 is 11.8 Å². The molecule has 0 unspecified atom stereocenters. The van der Waals surface area contributed by atoms with Gasteiger partial charge in [-0.1, -0.05) is 109 Å². The van der Waals surface area contributed by atoms with Gasteiger partial charge in [0.25, 0.3) is 11.8 Å². The van der Waals surface area contributed by atoms with Crippen molar-refractivity contribution in [2.45, 2.75) is 17.9 Å². The zero-order valence-electron chi connectivity index (χ0n) is 23.4. The number of aliphatic imine (C=N–C) groups is 1. The second kappa shape index (κ2) is 15.0. The largest absolute Gasteiger partial charge is 0.344 e. The van der Waals surface area contributed by atoms with Gasteiger partial charge in [-0.25, -0.2) is 0 Å². The number of hydrogen-bond donors (Lipinski definition) is 1. The summed E-state index contributed by atoms with van der Waals surface area (Å²) in [7, 11) is 0. The van der Waals surface area contributed by atoms with E-state index in [0.717, 1.165) is 27.8 Å². The highest BCUT2D eigenvalue weighted by Gasteiger charge is 2.35. The monoisotopic (exact) mass is 593 g/mol. The number of nitrogens with zero attached hydrogens (tertiary/aromatic N) is 2. The highest BCUT2D eigenvalue weighted by atomic mass is 32.2. The maximum Gasteiger partial charge on any atom is 0.285 e. The number of thioether (sulfide) groups is 2. The van der Waals surface area contributed by atoms with Gasteiger partial charge in [0.15, 0.2) is 5.17 Å². The Hall–Kier alpha value is -4.40. The van der Waals surface area contributed by atoms with Crippen LogP contribution in [-0.4, -0.2) is 39.8 Å². The van der Waals surface area contributed by atoms with Crippen LogP contribution in [0.4, 0.5) is 0 Å². The lowest BCUT2D eigenvalue weighted by Gasteiger charge is -2.28. The minimum atomic E-state index is -0.650. The second-order valence-corrected chi connectivity index (χ2v) is 10.9. The number of amides is 3. The molecule has 0 fully saturated rings. The molecule has 1 heterocycles. The van der Waals surface area contributed by atoms with Gasteiger partial charge in [-0.15, -0.1) is 11.8 Å². The first-order valence-electron chi connectivity index (χ1n) is 13.3. The van der Waals surface area contributed by atoms with Crippen molar-refractivity contribution in [3.63, 3.8) is 0 Å². The Kier molecular flexibility index (Phi) is 10.9. The molecule has 4 rings (SSSR count). The average Bonchev–Trinajstić information content (AvgIpc) is 3.03. The Morgan fingerprint density at radius 2 is 1.60 bits per heavy atom. The number of nitrogens with one attached hydrogen (secondary N) is 1. The summed E-state index contributed by atoms with van der Waals surface area (Å²) < 4.78 is 0. The minimum Gasteiger partial charge on any atom is -0.344 e. The van der Waals surface area contributed by atoms with Gasteiger partial charge >= 0.3 is 0 Å². The molecule has 0 aromatic heterocycles. The molecule has 0 radical (unpaired) electrons. The number of carbonyl (C=O) groups is 3. The van der Waals surface area contributed by atoms with Crippen LogP contribution in [0.25, 0.3) is 6.08 Å². The lowest BCUT2D eigenvalue weighted by atomic mass is 9.99. The van der Waals surface area contributed by atoms with E-state index in [-0.39, 0.29) is 28.4 Å². The molecule has 6 nitrogen and oxygen atoms in total. The number of hydrogen-bond acceptors (Lipinski definition) is 5. The maximum atomic E-state index is 13.8. The number of amidine groups is 1. The summed E-state index contributed by atoms with van der Waals surface area (Å²) >= 11 is 2.64. The fraction of sp³-hybridized carbons (Fsp3) is 0.118. The average molecular weight is 594 g/mol. The lowest BCUT2D eigenvalue weighted by Crippen LogP contribution is -2.42. The Balaban J connectivity index is 1.60. The van der Waals surface area contributed by atoms with E-state index in [1.807, 2.05) is 91.2 Å². The van der Waals surface area contributed by atoms with E-state index in [1.54, 1.807) is 49.1 Å². The van der Waals surface area contributed by atoms with E-state index >= 15 is 0 Å². The smallest absolute Gasteiger partial charge is 0.285 e. The number of rotatable bonds is 10. The van der Waals surface area contributed by atoms with Crippen LogP contribution in [0.3, 0.4) is 0 Å². The standard InChI is InChI=1S/C34H31N3O3S2/c1-4-6-17-27(5-2)37-33(40)29(22-24-18-20-28(41-3)21-19-24)32(39)36-34(37)42-23-30(38)35-31(25-13-9-7-10-14-25)26-15-11-8-12-16-26/h4-22,31H,1,23H2,2-3H3,(H,35,38)/b17-6-,27-5+,29-22+. The lowest BCUT2D eigenvalue weighted by molar-refractivity contribution is -0.126. The molecule has 0 saturated carbocycles. The second-order valence-electron chi connectivity index (χ2n) is 9.09. The summed E-state index contributed by atoms with van der Waals surface area (Å²) in [5.41, 5.74) is 3.05. The van der Waals surface area contributed by atoms with Crippen molar-refractivity contribution in [1.82, 2.24) is 10.2 Å². The van der Waals surface area contributed by atoms with Crippen molar-refractivity contribution in [2.24, 2.45) is 4.99 Å². The van der Waals surface area contributed by atoms with E-state index in [4.69, 9.17) is 0 Å². The first kappa shape index (κ1) is 30.6. The first-order chi connectivity index (χ1) is 20.4. The van der Waals surface area contributed by atoms with Crippen LogP contribution < -0.4 is 5.32 Å². The normalized spacial score (nSPS) is 14.9. The van der Waals surface area contributed by atoms with Gasteiger partial charge < -0.3 is 5.32 Å². The zero-order valence-corrected chi connectivity index (χ0v) is 25.0. The van der Waals surface area contributed by atoms with Gasteiger partial charge in [0.1, 0.15) is 5.57 Å². The van der Waals surface area contributed by atoms with Crippen molar-refractivity contribution >= 4 is 52.5 Å². The summed E-state index contributed by atoms with van der Waals surface area (Å²) in [6, 6.07) is 26.6. The molecule has 3 aromatic carbocycles. The molecule has 3 aromatic rings. The number of allylic oxidation sites excluding steroid dienone is 4. The Bertz CT molecular complexity index is 1520. The van der Waals surface area contributed by atoms with Crippen molar-refractivity contribution < 1.29 is 14.4 Å². The van der Waals surface area contributed by atoms with Crippen molar-refractivity contribution in [1.29, 1.82) is 0 Å². The summed E-state index contributed by atoms with van der Waals surface area (Å²) in [6.45, 7) is 5.50. The molecule has 1 aliphatic rings. The van der Waals surface area contributed by atoms with Gasteiger partial charge in [0.05, 0.1) is 11.8 Å². The zero-order chi connectivity index (χ0) is 29.9. The molecule has 0 atom stereocenters. The van der Waals surface area contributed by atoms with Crippen molar-refractivity contribution in [2.75, 3.05) is 12.0 Å². The fourth-order valence-corrected chi connectivity index (χ4v) is 5.48. The molecule has 1 N–H and O–H groups in total. The number of carbonyl (C=O) groups excluding carboxylic acids is 3. The predicted octanol–water partition coefficient (Wildman–Crippen LogP) is 6.80. The first-order valence-corrected chi connectivity index (χ1v) is 15.5. The van der Waals surface area contributed by atoms with Crippen molar-refractivity contribution in [3.8, 4) is 0 Å². The predicted molar refractivity (Wildman–Crippen MR) is 174 cm³/mol. The van der Waals surface area contributed by atoms with E-state index in [2.05, 4.69) is 16.9 Å². The van der Waals surface area contributed by atoms with Crippen LogP contribution >= 0.6 is 23.5 Å². The molecule has 3 amide bonds. The topological polar surface area (TPSA) is 78.8 Å². The summed E-state index contributed by atoms with van der Waals surface area (Å²) in [4.78, 5) is 46.9. The van der Waals surface area contributed by atoms with Crippen LogP contribution in [0.5, 0.6) is 0 Å². The van der Waals surface area contributed by atoms with E-state index in [1.165, 1.54) is 4.90 Å². The molecular formula is C34H31N3O3S2. The Morgan fingerprint density at radius 1 is 0.976 bits per heavy atom.